The van der Waals surface area contributed by atoms with Crippen LogP contribution < -0.4 is 27.0 Å². The molecule has 14 nitrogen and oxygen atoms in total. The van der Waals surface area contributed by atoms with E-state index in [-0.39, 0.29) is 31.3 Å². The summed E-state index contributed by atoms with van der Waals surface area (Å²) in [4.78, 5) is 44.5. The summed E-state index contributed by atoms with van der Waals surface area (Å²) in [7, 11) is 0. The number of carbonyl (C=O) groups excluding carboxylic acids is 3. The average molecular weight is 596 g/mol. The van der Waals surface area contributed by atoms with Crippen LogP contribution in [0.15, 0.2) is 36.5 Å². The fourth-order valence-electron chi connectivity index (χ4n) is 3.21. The molecule has 0 bridgehead atoms. The summed E-state index contributed by atoms with van der Waals surface area (Å²) < 4.78 is 21.6. The number of carboxylic acids is 1. The number of amides is 2. The van der Waals surface area contributed by atoms with Crippen molar-refractivity contribution in [1.29, 1.82) is 0 Å². The van der Waals surface area contributed by atoms with Gasteiger partial charge in [-0.15, -0.1) is 0 Å². The zero-order valence-electron chi connectivity index (χ0n) is 24.1. The summed E-state index contributed by atoms with van der Waals surface area (Å²) >= 11 is 0. The lowest BCUT2D eigenvalue weighted by atomic mass is 10.1. The van der Waals surface area contributed by atoms with E-state index in [9.17, 15) is 19.2 Å². The molecule has 0 saturated carbocycles. The Morgan fingerprint density at radius 1 is 0.810 bits per heavy atom. The second-order valence-corrected chi connectivity index (χ2v) is 9.08. The number of ether oxygens (including phenoxy) is 4. The van der Waals surface area contributed by atoms with Gasteiger partial charge in [0.25, 0.3) is 0 Å². The van der Waals surface area contributed by atoms with Crippen LogP contribution in [0.5, 0.6) is 0 Å². The van der Waals surface area contributed by atoms with Crippen LogP contribution in [-0.4, -0.2) is 108 Å². The molecule has 1 rings (SSSR count). The Bertz CT molecular complexity index is 931. The molecule has 7 N–H and O–H groups in total. The molecule has 0 saturated heterocycles. The first-order valence-corrected chi connectivity index (χ1v) is 13.8. The van der Waals surface area contributed by atoms with Gasteiger partial charge in [-0.05, 0) is 17.5 Å². The van der Waals surface area contributed by atoms with Gasteiger partial charge >= 0.3 is 5.97 Å². The predicted octanol–water partition coefficient (Wildman–Crippen LogP) is -0.931. The number of hydrogen-bond acceptors (Lipinski definition) is 11. The lowest BCUT2D eigenvalue weighted by molar-refractivity contribution is -0.138. The van der Waals surface area contributed by atoms with Gasteiger partial charge in [0.1, 0.15) is 18.9 Å². The van der Waals surface area contributed by atoms with Crippen molar-refractivity contribution in [2.24, 2.45) is 5.73 Å². The Morgan fingerprint density at radius 3 is 2.00 bits per heavy atom. The summed E-state index contributed by atoms with van der Waals surface area (Å²) in [6, 6.07) is 6.71. The standard InChI is InChI=1S/C28H45N5O9/c1-22(20-41-16-14-40-13-10-32-26(35)7-6-25(29)28(37)38)31-9-12-39-15-17-42-21-27(36)33-19-24-4-2-23(3-5-24)18-30-8-11-34/h2-5,11,25,30-31H,1,6-10,12-21,29H2,(H,32,35)(H,33,36)(H,37,38)/t25-/m0/s1. The zero-order valence-corrected chi connectivity index (χ0v) is 24.1. The van der Waals surface area contributed by atoms with E-state index < -0.39 is 12.0 Å². The predicted molar refractivity (Wildman–Crippen MR) is 154 cm³/mol. The molecular formula is C28H45N5O9. The molecule has 0 aliphatic heterocycles. The molecule has 2 amide bonds. The van der Waals surface area contributed by atoms with Crippen LogP contribution in [0.1, 0.15) is 24.0 Å². The molecule has 0 aliphatic carbocycles. The van der Waals surface area contributed by atoms with Gasteiger partial charge in [-0.1, -0.05) is 30.8 Å². The Hall–Kier alpha value is -3.40. The number of aliphatic carboxylic acids is 1. The van der Waals surface area contributed by atoms with Crippen LogP contribution in [0.2, 0.25) is 0 Å². The number of aldehydes is 1. The van der Waals surface area contributed by atoms with Gasteiger partial charge in [-0.25, -0.2) is 0 Å². The molecule has 0 unspecified atom stereocenters. The third-order valence-electron chi connectivity index (χ3n) is 5.51. The normalized spacial score (nSPS) is 11.5. The summed E-state index contributed by atoms with van der Waals surface area (Å²) in [6.07, 6.45) is 0.946. The molecule has 0 heterocycles. The van der Waals surface area contributed by atoms with Crippen molar-refractivity contribution < 1.29 is 43.2 Å². The fourth-order valence-corrected chi connectivity index (χ4v) is 3.21. The highest BCUT2D eigenvalue weighted by Crippen LogP contribution is 2.04. The summed E-state index contributed by atoms with van der Waals surface area (Å²) in [6.45, 7) is 8.43. The highest BCUT2D eigenvalue weighted by Gasteiger charge is 2.13. The maximum absolute atomic E-state index is 11.9. The van der Waals surface area contributed by atoms with E-state index in [1.165, 1.54) is 0 Å². The van der Waals surface area contributed by atoms with Gasteiger partial charge in [0.05, 0.1) is 52.8 Å². The maximum Gasteiger partial charge on any atom is 0.320 e. The molecule has 1 aromatic carbocycles. The SMILES string of the molecule is C=C(COCCOCCNC(=O)CC[C@H](N)C(=O)O)NCCOCCOCC(=O)NCc1ccc(CNCC=O)cc1. The van der Waals surface area contributed by atoms with E-state index in [4.69, 9.17) is 29.8 Å². The molecule has 0 fully saturated rings. The molecule has 14 heteroatoms. The van der Waals surface area contributed by atoms with Crippen LogP contribution in [0.4, 0.5) is 0 Å². The van der Waals surface area contributed by atoms with E-state index in [1.807, 2.05) is 24.3 Å². The van der Waals surface area contributed by atoms with Gasteiger partial charge in [0.15, 0.2) is 0 Å². The zero-order chi connectivity index (χ0) is 30.8. The number of carboxylic acid groups (broad SMARTS) is 1. The Balaban J connectivity index is 1.88. The van der Waals surface area contributed by atoms with Crippen molar-refractivity contribution in [3.63, 3.8) is 0 Å². The van der Waals surface area contributed by atoms with Crippen molar-refractivity contribution >= 4 is 24.1 Å². The van der Waals surface area contributed by atoms with E-state index in [0.29, 0.717) is 84.7 Å². The molecule has 0 radical (unpaired) electrons. The van der Waals surface area contributed by atoms with Crippen LogP contribution in [0.3, 0.4) is 0 Å². The Morgan fingerprint density at radius 2 is 1.38 bits per heavy atom. The van der Waals surface area contributed by atoms with Crippen molar-refractivity contribution in [2.45, 2.75) is 32.0 Å². The minimum atomic E-state index is -1.13. The Kier molecular flexibility index (Phi) is 21.1. The maximum atomic E-state index is 11.9. The number of rotatable bonds is 27. The third kappa shape index (κ3) is 20.5. The first kappa shape index (κ1) is 36.6. The monoisotopic (exact) mass is 595 g/mol. The average Bonchev–Trinajstić information content (AvgIpc) is 2.98. The molecular weight excluding hydrogens is 550 g/mol. The molecule has 0 spiro atoms. The summed E-state index contributed by atoms with van der Waals surface area (Å²) in [5, 5.41) is 20.2. The van der Waals surface area contributed by atoms with E-state index in [0.717, 1.165) is 17.4 Å². The molecule has 0 aliphatic rings. The van der Waals surface area contributed by atoms with Crippen molar-refractivity contribution in [1.82, 2.24) is 21.3 Å². The largest absolute Gasteiger partial charge is 0.480 e. The van der Waals surface area contributed by atoms with Crippen LogP contribution in [-0.2, 0) is 51.2 Å². The van der Waals surface area contributed by atoms with Crippen molar-refractivity contribution in [2.75, 3.05) is 72.5 Å². The summed E-state index contributed by atoms with van der Waals surface area (Å²) in [5.41, 5.74) is 8.07. The van der Waals surface area contributed by atoms with Gasteiger partial charge in [-0.3, -0.25) is 14.4 Å². The molecule has 42 heavy (non-hydrogen) atoms. The number of nitrogens with two attached hydrogens (primary N) is 1. The minimum Gasteiger partial charge on any atom is -0.480 e. The second-order valence-electron chi connectivity index (χ2n) is 9.08. The van der Waals surface area contributed by atoms with Crippen LogP contribution in [0.25, 0.3) is 0 Å². The Labute approximate surface area is 246 Å². The lowest BCUT2D eigenvalue weighted by Gasteiger charge is -2.11. The van der Waals surface area contributed by atoms with Crippen LogP contribution in [0, 0.1) is 0 Å². The number of hydrogen-bond donors (Lipinski definition) is 6. The first-order chi connectivity index (χ1) is 20.3. The molecule has 0 aromatic heterocycles. The third-order valence-corrected chi connectivity index (χ3v) is 5.51. The molecule has 236 valence electrons. The summed E-state index contributed by atoms with van der Waals surface area (Å²) in [5.74, 6) is -1.61. The van der Waals surface area contributed by atoms with Crippen molar-refractivity contribution in [3.05, 3.63) is 47.7 Å². The number of nitrogens with one attached hydrogen (secondary N) is 4. The molecule has 1 aromatic rings. The fraction of sp³-hybridized carbons (Fsp3) is 0.571. The number of carbonyl (C=O) groups is 4. The topological polar surface area (TPSA) is 200 Å². The number of benzene rings is 1. The van der Waals surface area contributed by atoms with Crippen molar-refractivity contribution in [3.8, 4) is 0 Å². The first-order valence-electron chi connectivity index (χ1n) is 13.8. The minimum absolute atomic E-state index is 0.0473. The molecule has 1 atom stereocenters. The van der Waals surface area contributed by atoms with E-state index >= 15 is 0 Å². The highest BCUT2D eigenvalue weighted by molar-refractivity contribution is 5.78. The second kappa shape index (κ2) is 24.2. The van der Waals surface area contributed by atoms with Gasteiger partial charge in [-0.2, -0.15) is 0 Å². The smallest absolute Gasteiger partial charge is 0.320 e. The van der Waals surface area contributed by atoms with E-state index in [1.54, 1.807) is 0 Å². The van der Waals surface area contributed by atoms with Gasteiger partial charge in [0.2, 0.25) is 11.8 Å². The lowest BCUT2D eigenvalue weighted by Crippen LogP contribution is -2.33. The quantitative estimate of drug-likeness (QED) is 0.0540. The van der Waals surface area contributed by atoms with Gasteiger partial charge in [0, 0.05) is 38.3 Å². The van der Waals surface area contributed by atoms with E-state index in [2.05, 4.69) is 27.8 Å². The van der Waals surface area contributed by atoms with Gasteiger partial charge < -0.3 is 55.8 Å². The highest BCUT2D eigenvalue weighted by atomic mass is 16.5. The van der Waals surface area contributed by atoms with Crippen LogP contribution >= 0.6 is 0 Å².